The Morgan fingerprint density at radius 3 is 2.61 bits per heavy atom. The zero-order chi connectivity index (χ0) is 22.8. The van der Waals surface area contributed by atoms with Crippen LogP contribution in [0.1, 0.15) is 38.1 Å². The fraction of sp³-hybridized carbons (Fsp3) is 0.381. The van der Waals surface area contributed by atoms with Gasteiger partial charge in [-0.1, -0.05) is 26.8 Å². The van der Waals surface area contributed by atoms with E-state index in [1.54, 1.807) is 6.20 Å². The van der Waals surface area contributed by atoms with Gasteiger partial charge in [0, 0.05) is 17.9 Å². The summed E-state index contributed by atoms with van der Waals surface area (Å²) in [7, 11) is -3.77. The van der Waals surface area contributed by atoms with Gasteiger partial charge in [0.05, 0.1) is 18.5 Å². The summed E-state index contributed by atoms with van der Waals surface area (Å²) >= 11 is 0. The molecule has 0 amide bonds. The van der Waals surface area contributed by atoms with Gasteiger partial charge < -0.3 is 19.2 Å². The molecule has 0 fully saturated rings. The van der Waals surface area contributed by atoms with Crippen LogP contribution in [0.3, 0.4) is 0 Å². The molecule has 0 aliphatic heterocycles. The van der Waals surface area contributed by atoms with Crippen molar-refractivity contribution < 1.29 is 19.2 Å². The second-order valence-electron chi connectivity index (χ2n) is 8.91. The van der Waals surface area contributed by atoms with Gasteiger partial charge >= 0.3 is 7.12 Å². The Labute approximate surface area is 183 Å². The summed E-state index contributed by atoms with van der Waals surface area (Å²) in [6.45, 7) is 11.1. The van der Waals surface area contributed by atoms with Gasteiger partial charge in [-0.25, -0.2) is 4.52 Å². The molecule has 0 bridgehead atoms. The molecule has 0 saturated carbocycles. The van der Waals surface area contributed by atoms with Gasteiger partial charge in [0.25, 0.3) is 0 Å². The third kappa shape index (κ3) is 4.97. The van der Waals surface area contributed by atoms with E-state index in [0.29, 0.717) is 22.5 Å². The van der Waals surface area contributed by atoms with E-state index >= 15 is 0 Å². The lowest BCUT2D eigenvalue weighted by Crippen LogP contribution is -2.42. The molecule has 0 saturated heterocycles. The number of rotatable bonds is 7. The lowest BCUT2D eigenvalue weighted by Gasteiger charge is -2.37. The summed E-state index contributed by atoms with van der Waals surface area (Å²) in [4.78, 5) is 4.43. The van der Waals surface area contributed by atoms with E-state index in [1.807, 2.05) is 18.2 Å². The monoisotopic (exact) mass is 438 g/mol. The van der Waals surface area contributed by atoms with Crippen molar-refractivity contribution in [1.29, 1.82) is 5.26 Å². The fourth-order valence-corrected chi connectivity index (χ4v) is 3.82. The lowest BCUT2D eigenvalue weighted by atomic mass is 9.81. The van der Waals surface area contributed by atoms with Crippen LogP contribution in [0.5, 0.6) is 5.75 Å². The molecule has 2 N–H and O–H groups in total. The Morgan fingerprint density at radius 1 is 1.29 bits per heavy atom. The first kappa shape index (κ1) is 23.0. The quantitative estimate of drug-likeness (QED) is 0.545. The molecule has 3 heterocycles. The van der Waals surface area contributed by atoms with Gasteiger partial charge in [-0.15, -0.1) is 0 Å². The Morgan fingerprint density at radius 2 is 2.03 bits per heavy atom. The van der Waals surface area contributed by atoms with Gasteiger partial charge in [-0.05, 0) is 36.3 Å². The van der Waals surface area contributed by atoms with E-state index < -0.39 is 21.5 Å². The molecular formula is C21H27BN4O4Si. The van der Waals surface area contributed by atoms with Gasteiger partial charge in [0.15, 0.2) is 14.4 Å². The first-order valence-corrected chi connectivity index (χ1v) is 12.9. The van der Waals surface area contributed by atoms with Crippen molar-refractivity contribution >= 4 is 26.4 Å². The van der Waals surface area contributed by atoms with Crippen molar-refractivity contribution in [2.75, 3.05) is 6.61 Å². The summed E-state index contributed by atoms with van der Waals surface area (Å²) in [5.41, 5.74) is 1.63. The van der Waals surface area contributed by atoms with Crippen LogP contribution < -0.4 is 10.2 Å². The topological polar surface area (TPSA) is 113 Å². The average Bonchev–Trinajstić information content (AvgIpc) is 3.14. The molecular weight excluding hydrogens is 411 g/mol. The number of nitrogens with zero attached hydrogens (tertiary/aromatic N) is 4. The minimum absolute atomic E-state index is 0.0231. The number of aromatic nitrogens is 3. The standard InChI is InChI=1S/C21H27BN4O4Si/c1-21(2,3)31(4,5)29-14-19(17-8-6-7-9-24-17)30-18-10-16(22(27)28)13-26-20(18)15(11-23)12-25-26/h6-10,12-13,19,27-28H,14H2,1-5H3. The van der Waals surface area contributed by atoms with Crippen LogP contribution in [-0.2, 0) is 4.43 Å². The van der Waals surface area contributed by atoms with E-state index in [0.717, 1.165) is 0 Å². The molecule has 1 atom stereocenters. The third-order valence-electron chi connectivity index (χ3n) is 5.71. The van der Waals surface area contributed by atoms with Gasteiger partial charge in [0.2, 0.25) is 0 Å². The minimum atomic E-state index is -2.06. The highest BCUT2D eigenvalue weighted by molar-refractivity contribution is 6.74. The summed E-state index contributed by atoms with van der Waals surface area (Å²) in [5, 5.41) is 33.0. The predicted octanol–water partition coefficient (Wildman–Crippen LogP) is 2.42. The first-order valence-electron chi connectivity index (χ1n) is 10.0. The van der Waals surface area contributed by atoms with E-state index in [2.05, 4.69) is 50.0 Å². The highest BCUT2D eigenvalue weighted by Gasteiger charge is 2.38. The van der Waals surface area contributed by atoms with Crippen molar-refractivity contribution in [3.05, 3.63) is 54.1 Å². The van der Waals surface area contributed by atoms with E-state index in [9.17, 15) is 15.3 Å². The zero-order valence-corrected chi connectivity index (χ0v) is 19.4. The molecule has 0 radical (unpaired) electrons. The molecule has 8 nitrogen and oxygen atoms in total. The number of hydrogen-bond acceptors (Lipinski definition) is 7. The Kier molecular flexibility index (Phi) is 6.52. The molecule has 3 rings (SSSR count). The maximum atomic E-state index is 9.68. The maximum Gasteiger partial charge on any atom is 0.490 e. The van der Waals surface area contributed by atoms with Crippen LogP contribution in [0.25, 0.3) is 5.52 Å². The summed E-state index contributed by atoms with van der Waals surface area (Å²) in [6, 6.07) is 9.14. The molecule has 0 aliphatic rings. The average molecular weight is 438 g/mol. The molecule has 31 heavy (non-hydrogen) atoms. The second-order valence-corrected chi connectivity index (χ2v) is 13.7. The van der Waals surface area contributed by atoms with Gasteiger partial charge in [0.1, 0.15) is 22.9 Å². The molecule has 3 aromatic rings. The third-order valence-corrected chi connectivity index (χ3v) is 10.2. The summed E-state index contributed by atoms with van der Waals surface area (Å²) < 4.78 is 14.1. The van der Waals surface area contributed by atoms with Gasteiger partial charge in [-0.2, -0.15) is 10.4 Å². The molecule has 1 unspecified atom stereocenters. The summed E-state index contributed by atoms with van der Waals surface area (Å²) in [6.07, 6.45) is 3.99. The number of fused-ring (bicyclic) bond motifs is 1. The molecule has 162 valence electrons. The van der Waals surface area contributed by atoms with Gasteiger partial charge in [-0.3, -0.25) is 4.98 Å². The van der Waals surface area contributed by atoms with Crippen LogP contribution in [0.2, 0.25) is 18.1 Å². The van der Waals surface area contributed by atoms with Crippen LogP contribution in [-0.4, -0.2) is 46.7 Å². The SMILES string of the molecule is CC(C)(C)[Si](C)(C)OCC(Oc1cc(B(O)O)cn2ncc(C#N)c12)c1ccccn1. The van der Waals surface area contributed by atoms with Crippen molar-refractivity contribution in [2.45, 2.75) is 45.0 Å². The Hall–Kier alpha value is -2.71. The number of nitriles is 1. The Bertz CT molecular complexity index is 1090. The van der Waals surface area contributed by atoms with E-state index in [4.69, 9.17) is 9.16 Å². The normalized spacial score (nSPS) is 13.1. The Balaban J connectivity index is 2.03. The van der Waals surface area contributed by atoms with E-state index in [1.165, 1.54) is 23.0 Å². The van der Waals surface area contributed by atoms with Crippen molar-refractivity contribution in [3.8, 4) is 11.8 Å². The largest absolute Gasteiger partial charge is 0.490 e. The highest BCUT2D eigenvalue weighted by Crippen LogP contribution is 2.37. The van der Waals surface area contributed by atoms with Crippen LogP contribution in [0.4, 0.5) is 0 Å². The van der Waals surface area contributed by atoms with Crippen molar-refractivity contribution in [3.63, 3.8) is 0 Å². The van der Waals surface area contributed by atoms with Crippen LogP contribution in [0, 0.1) is 11.3 Å². The molecule has 0 aliphatic carbocycles. The molecule has 3 aromatic heterocycles. The number of ether oxygens (including phenoxy) is 1. The van der Waals surface area contributed by atoms with Crippen LogP contribution >= 0.6 is 0 Å². The van der Waals surface area contributed by atoms with Crippen molar-refractivity contribution in [1.82, 2.24) is 14.6 Å². The highest BCUT2D eigenvalue weighted by atomic mass is 28.4. The van der Waals surface area contributed by atoms with Crippen molar-refractivity contribution in [2.24, 2.45) is 0 Å². The molecule has 0 aromatic carbocycles. The number of hydrogen-bond donors (Lipinski definition) is 2. The second kappa shape index (κ2) is 8.80. The minimum Gasteiger partial charge on any atom is -0.479 e. The summed E-state index contributed by atoms with van der Waals surface area (Å²) in [5.74, 6) is 0.300. The smallest absolute Gasteiger partial charge is 0.479 e. The predicted molar refractivity (Wildman–Crippen MR) is 120 cm³/mol. The number of pyridine rings is 2. The van der Waals surface area contributed by atoms with E-state index in [-0.39, 0.29) is 17.1 Å². The van der Waals surface area contributed by atoms with Crippen LogP contribution in [0.15, 0.2) is 42.9 Å². The fourth-order valence-electron chi connectivity index (χ4n) is 2.82. The zero-order valence-electron chi connectivity index (χ0n) is 18.4. The molecule has 10 heteroatoms. The maximum absolute atomic E-state index is 9.68. The lowest BCUT2D eigenvalue weighted by molar-refractivity contribution is 0.119. The molecule has 0 spiro atoms. The first-order chi connectivity index (χ1) is 14.5.